The first-order valence-corrected chi connectivity index (χ1v) is 39.0. The summed E-state index contributed by atoms with van der Waals surface area (Å²) in [4.78, 5) is 155. The number of carbonyl (C=O) groups is 11. The smallest absolute Gasteiger partial charge is 0.327 e. The highest BCUT2D eigenvalue weighted by Crippen LogP contribution is 2.28. The average Bonchev–Trinajstić information content (AvgIpc) is 1.63. The first-order chi connectivity index (χ1) is 51.2. The highest BCUT2D eigenvalue weighted by Gasteiger charge is 2.45. The zero-order valence-corrected chi connectivity index (χ0v) is 62.8. The molecule has 3 aliphatic rings. The monoisotopic (exact) mass is 1530 g/mol. The lowest BCUT2D eigenvalue weighted by Crippen LogP contribution is -2.61. The third-order valence-corrected chi connectivity index (χ3v) is 19.7. The third kappa shape index (κ3) is 34.0. The Balaban J connectivity index is 1.16. The molecular weight excluding hydrogens is 1420 g/mol. The van der Waals surface area contributed by atoms with Gasteiger partial charge in [0.1, 0.15) is 48.3 Å². The minimum absolute atomic E-state index is 0.0285. The second-order valence-corrected chi connectivity index (χ2v) is 28.0. The molecule has 0 radical (unpaired) electrons. The molecule has 2 fully saturated rings. The van der Waals surface area contributed by atoms with Crippen molar-refractivity contribution in [1.29, 1.82) is 0 Å². The first kappa shape index (κ1) is 89.5. The second kappa shape index (κ2) is 52.0. The largest absolute Gasteiger partial charge is 0.480 e. The van der Waals surface area contributed by atoms with Gasteiger partial charge in [-0.05, 0) is 62.1 Å². The van der Waals surface area contributed by atoms with Crippen LogP contribution in [-0.4, -0.2) is 289 Å². The van der Waals surface area contributed by atoms with Crippen LogP contribution in [0.4, 0.5) is 0 Å². The maximum Gasteiger partial charge on any atom is 0.327 e. The lowest BCUT2D eigenvalue weighted by atomic mass is 10.0. The van der Waals surface area contributed by atoms with Gasteiger partial charge in [0.25, 0.3) is 0 Å². The number of nitrogens with two attached hydrogens (primary N) is 3. The van der Waals surface area contributed by atoms with Crippen molar-refractivity contribution in [2.45, 2.75) is 150 Å². The highest BCUT2D eigenvalue weighted by atomic mass is 32.2. The van der Waals surface area contributed by atoms with Gasteiger partial charge in [-0.25, -0.2) is 4.79 Å². The first-order valence-electron chi connectivity index (χ1n) is 36.7. The number of benzene rings is 2. The molecular formula is C71H114N14O19S2. The number of aliphatic hydroxyl groups is 1. The number of fused-ring (bicyclic) bond motifs is 4. The highest BCUT2D eigenvalue weighted by molar-refractivity contribution is 7.98. The van der Waals surface area contributed by atoms with Gasteiger partial charge in [0.2, 0.25) is 59.1 Å². The summed E-state index contributed by atoms with van der Waals surface area (Å²) in [6, 6.07) is 5.44. The number of rotatable bonds is 43. The molecule has 0 aliphatic carbocycles. The molecule has 0 aromatic heterocycles. The van der Waals surface area contributed by atoms with Gasteiger partial charge in [0.15, 0.2) is 0 Å². The summed E-state index contributed by atoms with van der Waals surface area (Å²) < 4.78 is 33.6. The SMILES string of the molecule is CCCC[C@H](NC(=O)CCOCCOCCOCCOCCOCCOCCNC(=O)C(CNCCN)CNCCN)C(=O)N[C@H]1CSCc2cccc(c2)CSCC(C(=O)O)NC(=O)[C@H](Cc2ccccc2)NC(=O)[C@H](CCC(N)=O)NC(=O)[C@H]([C@@H](C)O)NC(=O)[C@@H]2CCCN2C(=O)[C@@H]2CCCN2C1=O. The van der Waals surface area contributed by atoms with Crippen LogP contribution in [0.5, 0.6) is 0 Å². The van der Waals surface area contributed by atoms with Crippen LogP contribution in [0.1, 0.15) is 94.7 Å². The maximum absolute atomic E-state index is 15.1. The minimum atomic E-state index is -1.72. The van der Waals surface area contributed by atoms with E-state index in [4.69, 9.17) is 45.6 Å². The summed E-state index contributed by atoms with van der Waals surface area (Å²) in [5.74, 6) is -7.78. The van der Waals surface area contributed by atoms with Crippen LogP contribution in [0.15, 0.2) is 54.6 Å². The fourth-order valence-electron chi connectivity index (χ4n) is 11.8. The van der Waals surface area contributed by atoms with Crippen LogP contribution < -0.4 is 65.1 Å². The molecule has 10 amide bonds. The van der Waals surface area contributed by atoms with Gasteiger partial charge in [-0.2, -0.15) is 23.5 Å². The second-order valence-electron chi connectivity index (χ2n) is 25.9. The molecule has 33 nitrogen and oxygen atoms in total. The van der Waals surface area contributed by atoms with E-state index < -0.39 is 120 Å². The molecule has 2 aromatic rings. The van der Waals surface area contributed by atoms with Crippen LogP contribution in [-0.2, 0) is 99.1 Å². The molecule has 17 N–H and O–H groups in total. The van der Waals surface area contributed by atoms with Crippen molar-refractivity contribution >= 4 is 88.6 Å². The van der Waals surface area contributed by atoms with Crippen molar-refractivity contribution in [1.82, 2.24) is 57.7 Å². The number of nitrogens with one attached hydrogen (secondary N) is 9. The van der Waals surface area contributed by atoms with Crippen LogP contribution in [0.25, 0.3) is 0 Å². The van der Waals surface area contributed by atoms with Crippen molar-refractivity contribution < 1.29 is 91.4 Å². The molecule has 1 unspecified atom stereocenters. The zero-order chi connectivity index (χ0) is 76.9. The van der Waals surface area contributed by atoms with Crippen LogP contribution in [0.3, 0.4) is 0 Å². The van der Waals surface area contributed by atoms with E-state index in [1.54, 1.807) is 30.3 Å². The molecule has 3 aliphatic heterocycles. The number of unbranched alkanes of at least 4 members (excludes halogenated alkanes) is 1. The molecule has 3 heterocycles. The quantitative estimate of drug-likeness (QED) is 0.0306. The van der Waals surface area contributed by atoms with Crippen LogP contribution in [0, 0.1) is 5.92 Å². The summed E-state index contributed by atoms with van der Waals surface area (Å²) in [7, 11) is 0. The summed E-state index contributed by atoms with van der Waals surface area (Å²) in [5.41, 5.74) is 18.8. The Kier molecular flexibility index (Phi) is 43.9. The van der Waals surface area contributed by atoms with E-state index in [1.165, 1.54) is 40.2 Å². The summed E-state index contributed by atoms with van der Waals surface area (Å²) in [6.07, 6.45) is 0.0608. The number of primary amides is 1. The van der Waals surface area contributed by atoms with Gasteiger partial charge in [0.05, 0.1) is 91.3 Å². The number of nitrogens with zero attached hydrogens (tertiary/aromatic N) is 2. The molecule has 594 valence electrons. The van der Waals surface area contributed by atoms with Gasteiger partial charge in [-0.15, -0.1) is 0 Å². The predicted octanol–water partition coefficient (Wildman–Crippen LogP) is -2.46. The van der Waals surface area contributed by atoms with Crippen LogP contribution in [0.2, 0.25) is 0 Å². The molecule has 9 atom stereocenters. The number of ether oxygens (including phenoxy) is 6. The fourth-order valence-corrected chi connectivity index (χ4v) is 13.8. The van der Waals surface area contributed by atoms with Gasteiger partial charge in [-0.3, -0.25) is 47.9 Å². The van der Waals surface area contributed by atoms with E-state index in [-0.39, 0.29) is 94.8 Å². The zero-order valence-electron chi connectivity index (χ0n) is 61.2. The Morgan fingerprint density at radius 1 is 0.623 bits per heavy atom. The Morgan fingerprint density at radius 3 is 1.74 bits per heavy atom. The normalized spacial score (nSPS) is 20.9. The molecule has 0 spiro atoms. The van der Waals surface area contributed by atoms with E-state index in [9.17, 15) is 58.2 Å². The van der Waals surface area contributed by atoms with Gasteiger partial charge >= 0.3 is 5.97 Å². The van der Waals surface area contributed by atoms with Crippen molar-refractivity contribution in [3.63, 3.8) is 0 Å². The Bertz CT molecular complexity index is 3020. The maximum atomic E-state index is 15.1. The molecule has 106 heavy (non-hydrogen) atoms. The van der Waals surface area contributed by atoms with Gasteiger partial charge < -0.3 is 113 Å². The Hall–Kier alpha value is -7.13. The molecule has 2 bridgehead atoms. The van der Waals surface area contributed by atoms with Gasteiger partial charge in [0, 0.05) is 101 Å². The number of carboxylic acids is 1. The number of carboxylic acid groups (broad SMARTS) is 1. The molecule has 0 saturated carbocycles. The Labute approximate surface area is 629 Å². The molecule has 5 rings (SSSR count). The number of amides is 10. The average molecular weight is 1530 g/mol. The van der Waals surface area contributed by atoms with Crippen LogP contribution >= 0.6 is 23.5 Å². The summed E-state index contributed by atoms with van der Waals surface area (Å²) >= 11 is 2.57. The van der Waals surface area contributed by atoms with E-state index in [2.05, 4.69) is 47.9 Å². The number of carbonyl (C=O) groups excluding carboxylic acids is 10. The van der Waals surface area contributed by atoms with E-state index in [1.807, 2.05) is 31.2 Å². The number of hydrogen-bond acceptors (Lipinski definition) is 24. The van der Waals surface area contributed by atoms with Crippen molar-refractivity contribution in [2.75, 3.05) is 150 Å². The lowest BCUT2D eigenvalue weighted by Gasteiger charge is -2.34. The summed E-state index contributed by atoms with van der Waals surface area (Å²) in [5, 5.41) is 46.6. The van der Waals surface area contributed by atoms with E-state index in [0.29, 0.717) is 148 Å². The summed E-state index contributed by atoms with van der Waals surface area (Å²) in [6.45, 7) is 10.6. The molecule has 2 aromatic carbocycles. The fraction of sp³-hybridized carbons (Fsp3) is 0.676. The lowest BCUT2D eigenvalue weighted by molar-refractivity contribution is -0.148. The molecule has 35 heteroatoms. The van der Waals surface area contributed by atoms with Crippen molar-refractivity contribution in [2.24, 2.45) is 23.1 Å². The van der Waals surface area contributed by atoms with Gasteiger partial charge in [-0.1, -0.05) is 74.4 Å². The standard InChI is InChI=1S/C71H114N14O19S2/c1-3-4-15-53(78-61(88)20-28-99-30-32-101-34-36-103-38-39-104-37-35-102-33-31-100-29-25-77-63(89)52(42-75-23-21-72)43-76-24-22-73)64(90)81-56-46-105-44-50-13-8-14-51(40-50)45-106-47-57(71(97)98)82-66(92)55(41-49-11-6-5-7-12-49)80-65(91)54(18-19-60(74)87)79-68(94)62(48(2)86)83-67(93)58-16-9-26-84(58)70(96)59-17-10-27-85(59)69(56)95/h5-8,11-14,40,48,52-59,62,75-76,86H,3-4,9-10,15-39,41-47,72-73H2,1-2H3,(H2,74,87)(H,77,89)(H,78,88)(H,79,94)(H,80,91)(H,81,90)(H,82,92)(H,83,93)(H,97,98)/t48-,53+,54+,55+,56+,57?,58+,59+,62+/m1/s1. The Morgan fingerprint density at radius 2 is 1.17 bits per heavy atom. The third-order valence-electron chi connectivity index (χ3n) is 17.4. The van der Waals surface area contributed by atoms with Crippen molar-refractivity contribution in [3.05, 3.63) is 71.3 Å². The number of thioether (sulfide) groups is 2. The van der Waals surface area contributed by atoms with Crippen molar-refractivity contribution in [3.8, 4) is 0 Å². The molecule has 2 saturated heterocycles. The minimum Gasteiger partial charge on any atom is -0.480 e. The number of hydrogen-bond donors (Lipinski definition) is 14. The number of aliphatic hydroxyl groups excluding tert-OH is 1. The van der Waals surface area contributed by atoms with E-state index in [0.717, 1.165) is 11.1 Å². The number of aliphatic carboxylic acids is 1. The predicted molar refractivity (Wildman–Crippen MR) is 397 cm³/mol. The topological polar surface area (TPSA) is 476 Å². The van der Waals surface area contributed by atoms with E-state index >= 15 is 4.79 Å².